The molecular formula is C11H18BrN3O. The van der Waals surface area contributed by atoms with Gasteiger partial charge in [-0.05, 0) is 28.8 Å². The number of unbranched alkanes of at least 4 members (excludes halogenated alkanes) is 1. The van der Waals surface area contributed by atoms with Crippen molar-refractivity contribution >= 4 is 21.7 Å². The summed E-state index contributed by atoms with van der Waals surface area (Å²) in [6.45, 7) is 3.77. The molecule has 0 aliphatic carbocycles. The number of nitrogens with one attached hydrogen (secondary N) is 1. The molecule has 5 heteroatoms. The smallest absolute Gasteiger partial charge is 0.131 e. The van der Waals surface area contributed by atoms with Gasteiger partial charge in [-0.1, -0.05) is 6.92 Å². The number of hydrogen-bond donors (Lipinski definition) is 1. The van der Waals surface area contributed by atoms with E-state index in [1.165, 1.54) is 0 Å². The predicted molar refractivity (Wildman–Crippen MR) is 68.7 cm³/mol. The molecule has 0 spiro atoms. The number of anilines is 1. The largest absolute Gasteiger partial charge is 0.385 e. The number of rotatable bonds is 7. The van der Waals surface area contributed by atoms with Crippen LogP contribution in [0.25, 0.3) is 0 Å². The number of nitrogens with zero attached hydrogens (tertiary/aromatic N) is 2. The predicted octanol–water partition coefficient (Wildman–Crippen LogP) is 2.64. The summed E-state index contributed by atoms with van der Waals surface area (Å²) in [6.07, 6.45) is 2.99. The summed E-state index contributed by atoms with van der Waals surface area (Å²) in [5.74, 6) is 1.74. The maximum atomic E-state index is 4.99. The van der Waals surface area contributed by atoms with Gasteiger partial charge in [0, 0.05) is 32.7 Å². The van der Waals surface area contributed by atoms with Gasteiger partial charge in [-0.2, -0.15) is 0 Å². The second-order valence-electron chi connectivity index (χ2n) is 3.47. The Hall–Kier alpha value is -0.680. The second kappa shape index (κ2) is 7.57. The molecule has 0 aliphatic rings. The molecule has 90 valence electrons. The molecule has 0 saturated carbocycles. The normalized spacial score (nSPS) is 10.4. The van der Waals surface area contributed by atoms with E-state index >= 15 is 0 Å². The fourth-order valence-electron chi connectivity index (χ4n) is 1.30. The molecule has 0 bridgehead atoms. The molecule has 1 aromatic heterocycles. The zero-order chi connectivity index (χ0) is 11.8. The highest BCUT2D eigenvalue weighted by Gasteiger charge is 2.00. The van der Waals surface area contributed by atoms with E-state index in [4.69, 9.17) is 4.74 Å². The van der Waals surface area contributed by atoms with Crippen LogP contribution in [0.2, 0.25) is 0 Å². The molecular weight excluding hydrogens is 270 g/mol. The van der Waals surface area contributed by atoms with Gasteiger partial charge in [0.15, 0.2) is 0 Å². The quantitative estimate of drug-likeness (QED) is 0.619. The van der Waals surface area contributed by atoms with Gasteiger partial charge in [-0.3, -0.25) is 0 Å². The van der Waals surface area contributed by atoms with Crippen molar-refractivity contribution in [2.24, 2.45) is 0 Å². The summed E-state index contributed by atoms with van der Waals surface area (Å²) in [7, 11) is 1.72. The van der Waals surface area contributed by atoms with Crippen molar-refractivity contribution in [2.45, 2.75) is 26.2 Å². The Morgan fingerprint density at radius 2 is 2.19 bits per heavy atom. The third-order valence-corrected chi connectivity index (χ3v) is 2.55. The van der Waals surface area contributed by atoms with Crippen molar-refractivity contribution in [2.75, 3.05) is 25.6 Å². The van der Waals surface area contributed by atoms with Gasteiger partial charge in [-0.15, -0.1) is 0 Å². The summed E-state index contributed by atoms with van der Waals surface area (Å²) in [5, 5.41) is 3.28. The number of aromatic nitrogens is 2. The lowest BCUT2D eigenvalue weighted by Crippen LogP contribution is -2.06. The molecule has 0 atom stereocenters. The molecule has 0 amide bonds. The Labute approximate surface area is 105 Å². The van der Waals surface area contributed by atoms with Gasteiger partial charge in [0.25, 0.3) is 0 Å². The van der Waals surface area contributed by atoms with Gasteiger partial charge >= 0.3 is 0 Å². The number of aryl methyl sites for hydroxylation is 1. The lowest BCUT2D eigenvalue weighted by Gasteiger charge is -2.07. The molecule has 0 saturated heterocycles. The SMILES string of the molecule is CCc1nc(Br)cc(NCCCCOC)n1. The van der Waals surface area contributed by atoms with Gasteiger partial charge < -0.3 is 10.1 Å². The first-order chi connectivity index (χ1) is 7.76. The summed E-state index contributed by atoms with van der Waals surface area (Å²) in [6, 6.07) is 1.90. The number of methoxy groups -OCH3 is 1. The second-order valence-corrected chi connectivity index (χ2v) is 4.28. The lowest BCUT2D eigenvalue weighted by molar-refractivity contribution is 0.194. The molecule has 0 unspecified atom stereocenters. The number of ether oxygens (including phenoxy) is 1. The van der Waals surface area contributed by atoms with Crippen molar-refractivity contribution in [3.8, 4) is 0 Å². The van der Waals surface area contributed by atoms with E-state index in [-0.39, 0.29) is 0 Å². The molecule has 0 radical (unpaired) electrons. The van der Waals surface area contributed by atoms with Crippen LogP contribution in [-0.4, -0.2) is 30.2 Å². The van der Waals surface area contributed by atoms with Crippen molar-refractivity contribution in [3.05, 3.63) is 16.5 Å². The van der Waals surface area contributed by atoms with Crippen LogP contribution in [0.1, 0.15) is 25.6 Å². The highest BCUT2D eigenvalue weighted by molar-refractivity contribution is 9.10. The van der Waals surface area contributed by atoms with Gasteiger partial charge in [0.05, 0.1) is 0 Å². The van der Waals surface area contributed by atoms with E-state index in [9.17, 15) is 0 Å². The van der Waals surface area contributed by atoms with Crippen molar-refractivity contribution in [1.82, 2.24) is 9.97 Å². The average Bonchev–Trinajstić information content (AvgIpc) is 2.28. The number of hydrogen-bond acceptors (Lipinski definition) is 4. The molecule has 0 aromatic carbocycles. The fraction of sp³-hybridized carbons (Fsp3) is 0.636. The van der Waals surface area contributed by atoms with Crippen LogP contribution in [0.15, 0.2) is 10.7 Å². The van der Waals surface area contributed by atoms with E-state index in [1.54, 1.807) is 7.11 Å². The molecule has 1 N–H and O–H groups in total. The zero-order valence-electron chi connectivity index (χ0n) is 9.79. The zero-order valence-corrected chi connectivity index (χ0v) is 11.4. The minimum absolute atomic E-state index is 0.815. The Morgan fingerprint density at radius 1 is 1.38 bits per heavy atom. The summed E-state index contributed by atoms with van der Waals surface area (Å²) < 4.78 is 5.82. The third-order valence-electron chi connectivity index (χ3n) is 2.14. The highest BCUT2D eigenvalue weighted by atomic mass is 79.9. The van der Waals surface area contributed by atoms with Crippen molar-refractivity contribution < 1.29 is 4.74 Å². The summed E-state index contributed by atoms with van der Waals surface area (Å²) in [4.78, 5) is 8.64. The van der Waals surface area contributed by atoms with E-state index in [0.717, 1.165) is 48.7 Å². The minimum atomic E-state index is 0.815. The first-order valence-electron chi connectivity index (χ1n) is 5.52. The van der Waals surface area contributed by atoms with E-state index in [1.807, 2.05) is 13.0 Å². The van der Waals surface area contributed by atoms with E-state index in [0.29, 0.717) is 0 Å². The molecule has 0 fully saturated rings. The molecule has 16 heavy (non-hydrogen) atoms. The number of halogens is 1. The molecule has 0 aliphatic heterocycles. The maximum absolute atomic E-state index is 4.99. The monoisotopic (exact) mass is 287 g/mol. The highest BCUT2D eigenvalue weighted by Crippen LogP contribution is 2.12. The Bertz CT molecular complexity index is 320. The minimum Gasteiger partial charge on any atom is -0.385 e. The van der Waals surface area contributed by atoms with Crippen LogP contribution in [0.3, 0.4) is 0 Å². The van der Waals surface area contributed by atoms with Crippen LogP contribution in [0, 0.1) is 0 Å². The first kappa shape index (κ1) is 13.4. The van der Waals surface area contributed by atoms with Crippen LogP contribution in [-0.2, 0) is 11.2 Å². The Morgan fingerprint density at radius 3 is 2.88 bits per heavy atom. The van der Waals surface area contributed by atoms with Crippen molar-refractivity contribution in [3.63, 3.8) is 0 Å². The van der Waals surface area contributed by atoms with Gasteiger partial charge in [0.2, 0.25) is 0 Å². The molecule has 1 rings (SSSR count). The Balaban J connectivity index is 2.38. The lowest BCUT2D eigenvalue weighted by atomic mass is 10.3. The summed E-state index contributed by atoms with van der Waals surface area (Å²) in [5.41, 5.74) is 0. The van der Waals surface area contributed by atoms with E-state index in [2.05, 4.69) is 31.2 Å². The molecule has 1 heterocycles. The molecule has 4 nitrogen and oxygen atoms in total. The first-order valence-corrected chi connectivity index (χ1v) is 6.31. The van der Waals surface area contributed by atoms with Crippen LogP contribution >= 0.6 is 15.9 Å². The fourth-order valence-corrected chi connectivity index (χ4v) is 1.72. The Kier molecular flexibility index (Phi) is 6.33. The standard InChI is InChI=1S/C11H18BrN3O/c1-3-10-14-9(12)8-11(15-10)13-6-4-5-7-16-2/h8H,3-7H2,1-2H3,(H,13,14,15). The average molecular weight is 288 g/mol. The van der Waals surface area contributed by atoms with Gasteiger partial charge in [0.1, 0.15) is 16.2 Å². The van der Waals surface area contributed by atoms with Crippen LogP contribution < -0.4 is 5.32 Å². The third kappa shape index (κ3) is 4.90. The van der Waals surface area contributed by atoms with Gasteiger partial charge in [-0.25, -0.2) is 9.97 Å². The van der Waals surface area contributed by atoms with Crippen LogP contribution in [0.4, 0.5) is 5.82 Å². The van der Waals surface area contributed by atoms with E-state index < -0.39 is 0 Å². The summed E-state index contributed by atoms with van der Waals surface area (Å²) >= 11 is 3.38. The topological polar surface area (TPSA) is 47.0 Å². The van der Waals surface area contributed by atoms with Crippen LogP contribution in [0.5, 0.6) is 0 Å². The maximum Gasteiger partial charge on any atom is 0.131 e. The molecule has 1 aromatic rings. The van der Waals surface area contributed by atoms with Crippen molar-refractivity contribution in [1.29, 1.82) is 0 Å².